The van der Waals surface area contributed by atoms with E-state index < -0.39 is 5.54 Å². The van der Waals surface area contributed by atoms with E-state index in [1.54, 1.807) is 7.05 Å². The highest BCUT2D eigenvalue weighted by molar-refractivity contribution is 5.88. The van der Waals surface area contributed by atoms with Crippen molar-refractivity contribution in [2.24, 2.45) is 0 Å². The number of rotatable bonds is 4. The lowest BCUT2D eigenvalue weighted by Gasteiger charge is -2.45. The average molecular weight is 374 g/mol. The summed E-state index contributed by atoms with van der Waals surface area (Å²) in [6.07, 6.45) is 9.03. The van der Waals surface area contributed by atoms with Crippen molar-refractivity contribution in [2.45, 2.75) is 75.4 Å². The van der Waals surface area contributed by atoms with Crippen molar-refractivity contribution in [2.75, 3.05) is 26.8 Å². The van der Waals surface area contributed by atoms with E-state index >= 15 is 0 Å². The first-order valence-electron chi connectivity index (χ1n) is 9.54. The number of hydrogen-bond donors (Lipinski definition) is 2. The van der Waals surface area contributed by atoms with Gasteiger partial charge in [0.2, 0.25) is 11.8 Å². The molecule has 0 bridgehead atoms. The minimum Gasteiger partial charge on any atom is -0.381 e. The molecule has 2 amide bonds. The lowest BCUT2D eigenvalue weighted by molar-refractivity contribution is -0.145. The van der Waals surface area contributed by atoms with Gasteiger partial charge in [-0.1, -0.05) is 19.3 Å². The van der Waals surface area contributed by atoms with Crippen molar-refractivity contribution in [3.8, 4) is 0 Å². The third-order valence-electron chi connectivity index (χ3n) is 6.03. The largest absolute Gasteiger partial charge is 0.381 e. The van der Waals surface area contributed by atoms with Gasteiger partial charge in [0.1, 0.15) is 5.54 Å². The molecule has 1 aliphatic carbocycles. The fourth-order valence-electron chi connectivity index (χ4n) is 4.68. The van der Waals surface area contributed by atoms with E-state index in [2.05, 4.69) is 15.5 Å². The summed E-state index contributed by atoms with van der Waals surface area (Å²) in [5.74, 6) is 0.150. The van der Waals surface area contributed by atoms with Crippen molar-refractivity contribution in [3.63, 3.8) is 0 Å². The van der Waals surface area contributed by atoms with E-state index in [0.717, 1.165) is 32.2 Å². The molecule has 25 heavy (non-hydrogen) atoms. The molecule has 2 saturated heterocycles. The highest BCUT2D eigenvalue weighted by atomic mass is 35.5. The molecule has 0 spiro atoms. The summed E-state index contributed by atoms with van der Waals surface area (Å²) in [5.41, 5.74) is -0.585. The van der Waals surface area contributed by atoms with Crippen molar-refractivity contribution in [3.05, 3.63) is 0 Å². The molecule has 3 rings (SSSR count). The Morgan fingerprint density at radius 2 is 1.72 bits per heavy atom. The van der Waals surface area contributed by atoms with Gasteiger partial charge in [-0.15, -0.1) is 12.4 Å². The zero-order chi connectivity index (χ0) is 17.0. The number of carbonyl (C=O) groups excluding carboxylic acids is 2. The van der Waals surface area contributed by atoms with Crippen LogP contribution in [0.15, 0.2) is 0 Å². The van der Waals surface area contributed by atoms with Crippen LogP contribution < -0.4 is 10.6 Å². The predicted molar refractivity (Wildman–Crippen MR) is 98.8 cm³/mol. The molecule has 0 aromatic heterocycles. The van der Waals surface area contributed by atoms with E-state index in [-0.39, 0.29) is 30.3 Å². The number of nitrogens with zero attached hydrogens (tertiary/aromatic N) is 1. The summed E-state index contributed by atoms with van der Waals surface area (Å²) in [6, 6.07) is 0.140. The van der Waals surface area contributed by atoms with E-state index in [1.807, 2.05) is 0 Å². The number of likely N-dealkylation sites (N-methyl/N-ethyl adjacent to an activating group) is 1. The molecule has 2 heterocycles. The first-order chi connectivity index (χ1) is 11.7. The number of hydrogen-bond acceptors (Lipinski definition) is 4. The van der Waals surface area contributed by atoms with Crippen LogP contribution in [0.1, 0.15) is 57.8 Å². The van der Waals surface area contributed by atoms with E-state index in [9.17, 15) is 9.59 Å². The maximum Gasteiger partial charge on any atom is 0.240 e. The molecule has 0 unspecified atom stereocenters. The summed E-state index contributed by atoms with van der Waals surface area (Å²) in [7, 11) is 1.69. The normalized spacial score (nSPS) is 27.3. The lowest BCUT2D eigenvalue weighted by atomic mass is 9.86. The molecule has 0 aromatic rings. The topological polar surface area (TPSA) is 70.7 Å². The van der Waals surface area contributed by atoms with Gasteiger partial charge in [-0.25, -0.2) is 0 Å². The van der Waals surface area contributed by atoms with Gasteiger partial charge in [-0.3, -0.25) is 14.5 Å². The molecule has 144 valence electrons. The Bertz CT molecular complexity index is 462. The monoisotopic (exact) mass is 373 g/mol. The van der Waals surface area contributed by atoms with Crippen molar-refractivity contribution in [1.29, 1.82) is 0 Å². The van der Waals surface area contributed by atoms with Crippen LogP contribution in [0.4, 0.5) is 0 Å². The van der Waals surface area contributed by atoms with Crippen molar-refractivity contribution < 1.29 is 14.3 Å². The number of nitrogens with one attached hydrogen (secondary N) is 2. The van der Waals surface area contributed by atoms with Gasteiger partial charge >= 0.3 is 0 Å². The van der Waals surface area contributed by atoms with Crippen molar-refractivity contribution in [1.82, 2.24) is 15.5 Å². The number of likely N-dealkylation sites (tertiary alicyclic amines) is 1. The standard InChI is InChI=1S/C18H31N3O3.ClH/c1-19-17(23)18(9-12-24-13-10-18)21-11-5-8-15(21)16(22)20-14-6-3-2-4-7-14;/h14-15H,2-13H2,1H3,(H,19,23)(H,20,22);1H/t15-;/m0./s1. The molecule has 1 saturated carbocycles. The van der Waals surface area contributed by atoms with E-state index in [1.165, 1.54) is 19.3 Å². The fraction of sp³-hybridized carbons (Fsp3) is 0.889. The Labute approximate surface area is 156 Å². The number of ether oxygens (including phenoxy) is 1. The minimum atomic E-state index is -0.585. The molecule has 3 aliphatic rings. The maximum absolute atomic E-state index is 12.9. The lowest BCUT2D eigenvalue weighted by Crippen LogP contribution is -2.64. The van der Waals surface area contributed by atoms with Gasteiger partial charge in [0, 0.05) is 32.8 Å². The van der Waals surface area contributed by atoms with Crippen molar-refractivity contribution >= 4 is 24.2 Å². The molecule has 0 aromatic carbocycles. The molecule has 6 nitrogen and oxygen atoms in total. The Morgan fingerprint density at radius 3 is 2.36 bits per heavy atom. The summed E-state index contributed by atoms with van der Waals surface area (Å²) < 4.78 is 5.49. The van der Waals surface area contributed by atoms with Crippen LogP contribution in [0.25, 0.3) is 0 Å². The van der Waals surface area contributed by atoms with Gasteiger partial charge in [0.05, 0.1) is 6.04 Å². The van der Waals surface area contributed by atoms with Crippen LogP contribution in [0.2, 0.25) is 0 Å². The van der Waals surface area contributed by atoms with Crippen LogP contribution in [0.3, 0.4) is 0 Å². The highest BCUT2D eigenvalue weighted by Crippen LogP contribution is 2.35. The van der Waals surface area contributed by atoms with Crippen LogP contribution >= 0.6 is 12.4 Å². The first-order valence-corrected chi connectivity index (χ1v) is 9.54. The first kappa shape index (κ1) is 20.5. The molecular formula is C18H32ClN3O3. The second-order valence-electron chi connectivity index (χ2n) is 7.42. The highest BCUT2D eigenvalue weighted by Gasteiger charge is 2.50. The van der Waals surface area contributed by atoms with Gasteiger partial charge in [-0.2, -0.15) is 0 Å². The van der Waals surface area contributed by atoms with Gasteiger partial charge in [0.25, 0.3) is 0 Å². The third-order valence-corrected chi connectivity index (χ3v) is 6.03. The van der Waals surface area contributed by atoms with Gasteiger partial charge in [-0.05, 0) is 38.5 Å². The predicted octanol–water partition coefficient (Wildman–Crippen LogP) is 1.62. The Morgan fingerprint density at radius 1 is 1.04 bits per heavy atom. The fourth-order valence-corrected chi connectivity index (χ4v) is 4.68. The Kier molecular flexibility index (Phi) is 7.52. The number of amides is 2. The SMILES string of the molecule is CNC(=O)C1(N2CCC[C@H]2C(=O)NC2CCCCC2)CCOCC1.Cl. The van der Waals surface area contributed by atoms with Crippen LogP contribution in [-0.4, -0.2) is 61.1 Å². The molecule has 7 heteroatoms. The average Bonchev–Trinajstić information content (AvgIpc) is 3.13. The Hall–Kier alpha value is -0.850. The second-order valence-corrected chi connectivity index (χ2v) is 7.42. The molecule has 1 atom stereocenters. The minimum absolute atomic E-state index is 0. The zero-order valence-electron chi connectivity index (χ0n) is 15.2. The number of halogens is 1. The number of carbonyl (C=O) groups is 2. The van der Waals surface area contributed by atoms with Crippen LogP contribution in [0, 0.1) is 0 Å². The van der Waals surface area contributed by atoms with Crippen LogP contribution in [-0.2, 0) is 14.3 Å². The smallest absolute Gasteiger partial charge is 0.240 e. The summed E-state index contributed by atoms with van der Waals surface area (Å²) in [4.78, 5) is 27.8. The molecule has 0 radical (unpaired) electrons. The summed E-state index contributed by atoms with van der Waals surface area (Å²) in [6.45, 7) is 1.98. The Balaban J connectivity index is 0.00000225. The molecular weight excluding hydrogens is 342 g/mol. The van der Waals surface area contributed by atoms with E-state index in [0.29, 0.717) is 32.1 Å². The van der Waals surface area contributed by atoms with E-state index in [4.69, 9.17) is 4.74 Å². The van der Waals surface area contributed by atoms with Gasteiger partial charge < -0.3 is 15.4 Å². The van der Waals surface area contributed by atoms with Crippen LogP contribution in [0.5, 0.6) is 0 Å². The van der Waals surface area contributed by atoms with Gasteiger partial charge in [0.15, 0.2) is 0 Å². The summed E-state index contributed by atoms with van der Waals surface area (Å²) in [5, 5.41) is 6.09. The summed E-state index contributed by atoms with van der Waals surface area (Å²) >= 11 is 0. The zero-order valence-corrected chi connectivity index (χ0v) is 16.0. The maximum atomic E-state index is 12.9. The molecule has 2 aliphatic heterocycles. The molecule has 2 N–H and O–H groups in total. The molecule has 3 fully saturated rings. The second kappa shape index (κ2) is 9.19. The quantitative estimate of drug-likeness (QED) is 0.785. The third kappa shape index (κ3) is 4.29.